The smallest absolute Gasteiger partial charge is 0.411 e. The summed E-state index contributed by atoms with van der Waals surface area (Å²) in [5.74, 6) is -1.11. The Bertz CT molecular complexity index is 873. The number of nitrogens with one attached hydrogen (secondary N) is 1. The Labute approximate surface area is 166 Å². The molecule has 1 aromatic rings. The van der Waals surface area contributed by atoms with Crippen LogP contribution in [0.1, 0.15) is 33.6 Å². The maximum atomic E-state index is 12.4. The molecular formula is C18H22N4O5S. The van der Waals surface area contributed by atoms with Gasteiger partial charge in [-0.25, -0.2) is 9.59 Å². The number of benzene rings is 1. The molecule has 1 aromatic carbocycles. The van der Waals surface area contributed by atoms with Gasteiger partial charge in [0.2, 0.25) is 0 Å². The van der Waals surface area contributed by atoms with Gasteiger partial charge in [-0.05, 0) is 45.7 Å². The molecule has 9 nitrogen and oxygen atoms in total. The lowest BCUT2D eigenvalue weighted by Gasteiger charge is -2.27. The highest BCUT2D eigenvalue weighted by Crippen LogP contribution is 2.38. The van der Waals surface area contributed by atoms with E-state index in [0.717, 1.165) is 11.4 Å². The van der Waals surface area contributed by atoms with Crippen LogP contribution in [0.5, 0.6) is 0 Å². The highest BCUT2D eigenvalue weighted by molar-refractivity contribution is 7.58. The maximum absolute atomic E-state index is 12.4. The Hall–Kier alpha value is -2.75. The van der Waals surface area contributed by atoms with Gasteiger partial charge in [0.15, 0.2) is 6.61 Å². The van der Waals surface area contributed by atoms with Crippen LogP contribution in [0.2, 0.25) is 0 Å². The summed E-state index contributed by atoms with van der Waals surface area (Å²) in [6.07, 6.45) is 0.590. The van der Waals surface area contributed by atoms with Crippen molar-refractivity contribution in [3.8, 4) is 0 Å². The molecule has 1 atom stereocenters. The topological polar surface area (TPSA) is 110 Å². The lowest BCUT2D eigenvalue weighted by Crippen LogP contribution is -2.44. The molecule has 1 saturated heterocycles. The second kappa shape index (κ2) is 8.09. The summed E-state index contributed by atoms with van der Waals surface area (Å²) >= 11 is 1.05. The normalized spacial score (nSPS) is 17.7. The minimum Gasteiger partial charge on any atom is -0.454 e. The molecule has 0 aliphatic carbocycles. The minimum atomic E-state index is -0.742. The number of rotatable bonds is 4. The molecule has 0 spiro atoms. The maximum Gasteiger partial charge on any atom is 0.411 e. The van der Waals surface area contributed by atoms with Crippen molar-refractivity contribution >= 4 is 46.4 Å². The summed E-state index contributed by atoms with van der Waals surface area (Å²) in [4.78, 5) is 38.2. The van der Waals surface area contributed by atoms with Crippen molar-refractivity contribution in [2.24, 2.45) is 8.73 Å². The van der Waals surface area contributed by atoms with E-state index in [1.165, 1.54) is 4.90 Å². The first-order valence-electron chi connectivity index (χ1n) is 8.92. The van der Waals surface area contributed by atoms with Crippen molar-refractivity contribution in [2.75, 3.05) is 18.5 Å². The molecule has 0 saturated carbocycles. The van der Waals surface area contributed by atoms with E-state index in [1.54, 1.807) is 39.0 Å². The molecule has 1 N–H and O–H groups in total. The van der Waals surface area contributed by atoms with Gasteiger partial charge < -0.3 is 14.8 Å². The second-order valence-electron chi connectivity index (χ2n) is 7.43. The third-order valence-electron chi connectivity index (χ3n) is 4.06. The number of likely N-dealkylation sites (tertiary alicyclic amines) is 1. The predicted molar refractivity (Wildman–Crippen MR) is 104 cm³/mol. The van der Waals surface area contributed by atoms with Gasteiger partial charge in [-0.15, -0.1) is 0 Å². The van der Waals surface area contributed by atoms with Gasteiger partial charge in [0.05, 0.1) is 17.0 Å². The van der Waals surface area contributed by atoms with Gasteiger partial charge in [0, 0.05) is 6.54 Å². The zero-order chi connectivity index (χ0) is 20.3. The molecule has 2 amide bonds. The van der Waals surface area contributed by atoms with Gasteiger partial charge in [0.1, 0.15) is 23.0 Å². The molecule has 0 aromatic heterocycles. The highest BCUT2D eigenvalue weighted by atomic mass is 32.1. The standard InChI is InChI=1S/C18H22N4O5S/c1-18(2,3)27-17(25)22-9-5-8-13(22)16(24)26-10-14(23)19-11-6-4-7-12-15(11)21-28-20-12/h4,6-7,13H,5,8-10H2,1-3H3,(H,19,23)/t13-/m0/s1. The van der Waals surface area contributed by atoms with Gasteiger partial charge in [-0.3, -0.25) is 9.69 Å². The lowest BCUT2D eigenvalue weighted by atomic mass is 10.2. The molecule has 1 fully saturated rings. The van der Waals surface area contributed by atoms with Crippen LogP contribution in [0.4, 0.5) is 21.9 Å². The van der Waals surface area contributed by atoms with Gasteiger partial charge in [-0.1, -0.05) is 6.07 Å². The summed E-state index contributed by atoms with van der Waals surface area (Å²) in [5, 5.41) is 2.66. The van der Waals surface area contributed by atoms with Gasteiger partial charge >= 0.3 is 12.1 Å². The Morgan fingerprint density at radius 1 is 1.29 bits per heavy atom. The fourth-order valence-electron chi connectivity index (χ4n) is 2.88. The number of carbonyl (C=O) groups excluding carboxylic acids is 3. The Balaban J connectivity index is 1.53. The molecule has 150 valence electrons. The number of esters is 1. The van der Waals surface area contributed by atoms with Crippen molar-refractivity contribution in [3.63, 3.8) is 0 Å². The average Bonchev–Trinajstić information content (AvgIpc) is 3.27. The number of carbonyl (C=O) groups is 3. The highest BCUT2D eigenvalue weighted by Gasteiger charge is 2.37. The third-order valence-corrected chi connectivity index (χ3v) is 4.60. The van der Waals surface area contributed by atoms with Crippen molar-refractivity contribution in [1.29, 1.82) is 0 Å². The molecule has 0 radical (unpaired) electrons. The molecular weight excluding hydrogens is 384 g/mol. The number of anilines is 1. The van der Waals surface area contributed by atoms with Gasteiger partial charge in [-0.2, -0.15) is 8.73 Å². The largest absolute Gasteiger partial charge is 0.454 e. The predicted octanol–water partition coefficient (Wildman–Crippen LogP) is 3.29. The Morgan fingerprint density at radius 2 is 2.07 bits per heavy atom. The number of fused-ring (bicyclic) bond motifs is 1. The van der Waals surface area contributed by atoms with E-state index >= 15 is 0 Å². The third kappa shape index (κ3) is 4.75. The van der Waals surface area contributed by atoms with Gasteiger partial charge in [0.25, 0.3) is 5.91 Å². The van der Waals surface area contributed by atoms with E-state index in [1.807, 2.05) is 0 Å². The van der Waals surface area contributed by atoms with Crippen molar-refractivity contribution in [1.82, 2.24) is 4.90 Å². The SMILES string of the molecule is CC(C)(C)OC(=O)N1CCC[C@H]1C(=O)OCC(=O)Nc1cccc2c1N=S=N2. The molecule has 2 heterocycles. The van der Waals surface area contributed by atoms with Crippen LogP contribution < -0.4 is 5.32 Å². The number of hydrogen-bond acceptors (Lipinski definition) is 7. The Kier molecular flexibility index (Phi) is 5.78. The summed E-state index contributed by atoms with van der Waals surface area (Å²) in [7, 11) is 0. The second-order valence-corrected chi connectivity index (χ2v) is 7.95. The summed E-state index contributed by atoms with van der Waals surface area (Å²) in [6.45, 7) is 5.25. The van der Waals surface area contributed by atoms with E-state index in [9.17, 15) is 14.4 Å². The molecule has 2 aliphatic heterocycles. The van der Waals surface area contributed by atoms with E-state index in [-0.39, 0.29) is 0 Å². The van der Waals surface area contributed by atoms with Crippen LogP contribution in [0.15, 0.2) is 26.9 Å². The molecule has 28 heavy (non-hydrogen) atoms. The van der Waals surface area contributed by atoms with Crippen molar-refractivity contribution in [2.45, 2.75) is 45.3 Å². The van der Waals surface area contributed by atoms with Crippen LogP contribution in [-0.2, 0) is 30.4 Å². The summed E-state index contributed by atoms with van der Waals surface area (Å²) in [5.41, 5.74) is 1.11. The van der Waals surface area contributed by atoms with E-state index in [2.05, 4.69) is 14.0 Å². The molecule has 10 heteroatoms. The van der Waals surface area contributed by atoms with Crippen LogP contribution in [-0.4, -0.2) is 47.7 Å². The average molecular weight is 406 g/mol. The first-order chi connectivity index (χ1) is 13.2. The van der Waals surface area contributed by atoms with Crippen molar-refractivity contribution in [3.05, 3.63) is 18.2 Å². The lowest BCUT2D eigenvalue weighted by molar-refractivity contribution is -0.151. The first kappa shape index (κ1) is 20.0. The van der Waals surface area contributed by atoms with Crippen LogP contribution >= 0.6 is 0 Å². The fraction of sp³-hybridized carbons (Fsp3) is 0.500. The Morgan fingerprint density at radius 3 is 2.82 bits per heavy atom. The van der Waals surface area contributed by atoms with Crippen molar-refractivity contribution < 1.29 is 23.9 Å². The summed E-state index contributed by atoms with van der Waals surface area (Å²) < 4.78 is 18.7. The number of ether oxygens (including phenoxy) is 2. The molecule has 2 aliphatic rings. The number of amides is 2. The van der Waals surface area contributed by atoms with Crippen LogP contribution in [0.3, 0.4) is 0 Å². The zero-order valence-corrected chi connectivity index (χ0v) is 16.7. The first-order valence-corrected chi connectivity index (χ1v) is 9.65. The zero-order valence-electron chi connectivity index (χ0n) is 15.9. The van der Waals surface area contributed by atoms with Crippen LogP contribution in [0, 0.1) is 0 Å². The fourth-order valence-corrected chi connectivity index (χ4v) is 3.43. The number of hydrogen-bond donors (Lipinski definition) is 1. The quantitative estimate of drug-likeness (QED) is 0.784. The minimum absolute atomic E-state index is 0.416. The summed E-state index contributed by atoms with van der Waals surface area (Å²) in [6, 6.07) is 4.50. The monoisotopic (exact) mass is 406 g/mol. The van der Waals surface area contributed by atoms with E-state index < -0.39 is 36.2 Å². The molecule has 3 rings (SSSR count). The van der Waals surface area contributed by atoms with E-state index in [4.69, 9.17) is 9.47 Å². The molecule has 0 unspecified atom stereocenters. The number of nitrogens with zero attached hydrogens (tertiary/aromatic N) is 3. The van der Waals surface area contributed by atoms with E-state index in [0.29, 0.717) is 36.4 Å². The molecule has 0 bridgehead atoms. The van der Waals surface area contributed by atoms with Crippen LogP contribution in [0.25, 0.3) is 0 Å².